The van der Waals surface area contributed by atoms with E-state index in [0.717, 1.165) is 43.5 Å². The van der Waals surface area contributed by atoms with E-state index in [4.69, 9.17) is 5.73 Å². The molecule has 168 valence electrons. The van der Waals surface area contributed by atoms with Gasteiger partial charge in [-0.1, -0.05) is 67.6 Å². The lowest BCUT2D eigenvalue weighted by atomic mass is 9.64. The molecule has 1 heterocycles. The van der Waals surface area contributed by atoms with Crippen LogP contribution in [0.15, 0.2) is 60.7 Å². The molecule has 5 heteroatoms. The first kappa shape index (κ1) is 22.3. The zero-order valence-corrected chi connectivity index (χ0v) is 19.2. The van der Waals surface area contributed by atoms with Crippen molar-refractivity contribution in [1.29, 1.82) is 0 Å². The van der Waals surface area contributed by atoms with E-state index in [1.807, 2.05) is 67.6 Å². The van der Waals surface area contributed by atoms with Gasteiger partial charge in [0.05, 0.1) is 6.04 Å². The summed E-state index contributed by atoms with van der Waals surface area (Å²) < 4.78 is 2.20. The third kappa shape index (κ3) is 3.85. The molecule has 2 atom stereocenters. The van der Waals surface area contributed by atoms with Crippen LogP contribution in [-0.4, -0.2) is 52.7 Å². The first-order valence-electron chi connectivity index (χ1n) is 11.8. The van der Waals surface area contributed by atoms with Crippen LogP contribution in [0.25, 0.3) is 0 Å². The van der Waals surface area contributed by atoms with E-state index in [1.54, 1.807) is 0 Å². The molecule has 4 rings (SSSR count). The molecule has 2 N–H and O–H groups in total. The molecular formula is C27H34N3O2+. The molecule has 1 aliphatic carbocycles. The number of Topliss-reactive ketones (excluding diaryl/α,β-unsaturated/α-hetero) is 1. The molecule has 1 amide bonds. The molecule has 0 radical (unpaired) electrons. The van der Waals surface area contributed by atoms with Gasteiger partial charge in [-0.3, -0.25) is 19.1 Å². The second-order valence-electron chi connectivity index (χ2n) is 9.12. The number of carbonyl (C=O) groups excluding carboxylic acids is 2. The molecule has 1 aliphatic heterocycles. The Kier molecular flexibility index (Phi) is 6.45. The number of amides is 1. The summed E-state index contributed by atoms with van der Waals surface area (Å²) in [6, 6.07) is 20.4. The number of benzene rings is 2. The van der Waals surface area contributed by atoms with Crippen LogP contribution >= 0.6 is 0 Å². The number of hydrogen-bond donors (Lipinski definition) is 1. The van der Waals surface area contributed by atoms with E-state index in [9.17, 15) is 9.59 Å². The Morgan fingerprint density at radius 1 is 1.03 bits per heavy atom. The van der Waals surface area contributed by atoms with Crippen molar-refractivity contribution in [3.63, 3.8) is 0 Å². The van der Waals surface area contributed by atoms with Gasteiger partial charge < -0.3 is 5.73 Å². The molecule has 32 heavy (non-hydrogen) atoms. The minimum atomic E-state index is -0.844. The van der Waals surface area contributed by atoms with E-state index in [-0.39, 0.29) is 17.6 Å². The fraction of sp³-hybridized carbons (Fsp3) is 0.444. The first-order chi connectivity index (χ1) is 15.5. The third-order valence-corrected chi connectivity index (χ3v) is 7.55. The lowest BCUT2D eigenvalue weighted by Crippen LogP contribution is -2.48. The summed E-state index contributed by atoms with van der Waals surface area (Å²) in [6.07, 6.45) is 3.44. The van der Waals surface area contributed by atoms with Gasteiger partial charge in [0.15, 0.2) is 5.78 Å². The monoisotopic (exact) mass is 432 g/mol. The molecule has 2 aliphatic rings. The summed E-state index contributed by atoms with van der Waals surface area (Å²) in [6.45, 7) is 6.36. The topological polar surface area (TPSA) is 66.4 Å². The van der Waals surface area contributed by atoms with Crippen LogP contribution < -0.4 is 5.73 Å². The first-order valence-corrected chi connectivity index (χ1v) is 11.8. The quantitative estimate of drug-likeness (QED) is 0.651. The molecule has 2 aromatic rings. The van der Waals surface area contributed by atoms with Crippen molar-refractivity contribution in [2.75, 3.05) is 19.6 Å². The second-order valence-corrected chi connectivity index (χ2v) is 9.12. The summed E-state index contributed by atoms with van der Waals surface area (Å²) in [7, 11) is 0. The van der Waals surface area contributed by atoms with Crippen molar-refractivity contribution in [1.82, 2.24) is 4.90 Å². The normalized spacial score (nSPS) is 21.2. The molecule has 0 unspecified atom stereocenters. The third-order valence-electron chi connectivity index (χ3n) is 7.55. The number of primary amides is 1. The molecule has 0 saturated heterocycles. The maximum atomic E-state index is 13.3. The van der Waals surface area contributed by atoms with E-state index >= 15 is 0 Å². The summed E-state index contributed by atoms with van der Waals surface area (Å²) >= 11 is 0. The maximum absolute atomic E-state index is 13.3. The SMILES string of the molecule is CCC(=O)C[N+]1=C(C)N([C@H]2CC[C@@H](C(C(N)=O)(c3ccccc3)c3ccccc3)C2)CC1. The van der Waals surface area contributed by atoms with Crippen LogP contribution in [0.3, 0.4) is 0 Å². The Bertz CT molecular complexity index is 961. The summed E-state index contributed by atoms with van der Waals surface area (Å²) in [5.41, 5.74) is 7.33. The van der Waals surface area contributed by atoms with Crippen LogP contribution in [0.2, 0.25) is 0 Å². The molecule has 0 bridgehead atoms. The highest BCUT2D eigenvalue weighted by atomic mass is 16.1. The number of nitrogens with zero attached hydrogens (tertiary/aromatic N) is 2. The van der Waals surface area contributed by atoms with E-state index in [0.29, 0.717) is 19.0 Å². The number of hydrogen-bond acceptors (Lipinski definition) is 3. The van der Waals surface area contributed by atoms with Gasteiger partial charge in [0, 0.05) is 13.3 Å². The molecule has 5 nitrogen and oxygen atoms in total. The summed E-state index contributed by atoms with van der Waals surface area (Å²) in [5.74, 6) is 1.30. The van der Waals surface area contributed by atoms with Gasteiger partial charge in [-0.25, -0.2) is 0 Å². The average Bonchev–Trinajstić information content (AvgIpc) is 3.43. The molecule has 0 aromatic heterocycles. The predicted octanol–water partition coefficient (Wildman–Crippen LogP) is 3.35. The Labute approximate surface area is 190 Å². The largest absolute Gasteiger partial charge is 0.369 e. The van der Waals surface area contributed by atoms with Crippen molar-refractivity contribution < 1.29 is 14.2 Å². The average molecular weight is 433 g/mol. The van der Waals surface area contributed by atoms with Crippen LogP contribution in [0, 0.1) is 5.92 Å². The van der Waals surface area contributed by atoms with Crippen LogP contribution in [0.4, 0.5) is 0 Å². The Morgan fingerprint density at radius 3 is 2.16 bits per heavy atom. The zero-order valence-electron chi connectivity index (χ0n) is 19.2. The number of amidine groups is 1. The van der Waals surface area contributed by atoms with E-state index < -0.39 is 5.41 Å². The summed E-state index contributed by atoms with van der Waals surface area (Å²) in [5, 5.41) is 0. The number of ketones is 1. The molecule has 0 spiro atoms. The predicted molar refractivity (Wildman–Crippen MR) is 127 cm³/mol. The highest BCUT2D eigenvalue weighted by Gasteiger charge is 2.52. The lowest BCUT2D eigenvalue weighted by molar-refractivity contribution is -0.506. The second kappa shape index (κ2) is 9.27. The van der Waals surface area contributed by atoms with E-state index in [2.05, 4.69) is 16.4 Å². The Balaban J connectivity index is 1.67. The van der Waals surface area contributed by atoms with Gasteiger partial charge in [-0.05, 0) is 36.3 Å². The van der Waals surface area contributed by atoms with Crippen LogP contribution in [0.1, 0.15) is 50.7 Å². The van der Waals surface area contributed by atoms with Crippen molar-refractivity contribution in [3.05, 3.63) is 71.8 Å². The lowest BCUT2D eigenvalue weighted by Gasteiger charge is -2.37. The van der Waals surface area contributed by atoms with Gasteiger partial charge in [0.2, 0.25) is 11.7 Å². The van der Waals surface area contributed by atoms with Gasteiger partial charge >= 0.3 is 0 Å². The smallest absolute Gasteiger partial charge is 0.244 e. The molecule has 1 fully saturated rings. The maximum Gasteiger partial charge on any atom is 0.244 e. The van der Waals surface area contributed by atoms with Gasteiger partial charge in [-0.15, -0.1) is 0 Å². The van der Waals surface area contributed by atoms with E-state index in [1.165, 1.54) is 5.84 Å². The zero-order chi connectivity index (χ0) is 22.7. The van der Waals surface area contributed by atoms with Crippen LogP contribution in [0.5, 0.6) is 0 Å². The minimum Gasteiger partial charge on any atom is -0.369 e. The van der Waals surface area contributed by atoms with Crippen LogP contribution in [-0.2, 0) is 15.0 Å². The number of nitrogens with two attached hydrogens (primary N) is 1. The molecule has 1 saturated carbocycles. The summed E-state index contributed by atoms with van der Waals surface area (Å²) in [4.78, 5) is 27.7. The fourth-order valence-electron chi connectivity index (χ4n) is 5.86. The van der Waals surface area contributed by atoms with Crippen molar-refractivity contribution in [2.45, 2.75) is 51.0 Å². The standard InChI is InChI=1S/C27H33N3O2/c1-3-25(31)19-29-16-17-30(20(29)2)24-15-14-23(18-24)27(26(28)32,21-10-6-4-7-11-21)22-12-8-5-9-13-22/h4-13,23-24H,3,14-19H2,1-2H3,(H-,28,32)/p+1/t23-,24+/m1/s1. The highest BCUT2D eigenvalue weighted by molar-refractivity contribution is 5.91. The minimum absolute atomic E-state index is 0.119. The van der Waals surface area contributed by atoms with Gasteiger partial charge in [0.25, 0.3) is 0 Å². The highest BCUT2D eigenvalue weighted by Crippen LogP contribution is 2.48. The number of carbonyl (C=O) groups is 2. The van der Waals surface area contributed by atoms with Crippen molar-refractivity contribution >= 4 is 17.5 Å². The van der Waals surface area contributed by atoms with Gasteiger partial charge in [0.1, 0.15) is 25.0 Å². The molecule has 2 aromatic carbocycles. The van der Waals surface area contributed by atoms with Crippen molar-refractivity contribution in [2.24, 2.45) is 11.7 Å². The Morgan fingerprint density at radius 2 is 1.62 bits per heavy atom. The van der Waals surface area contributed by atoms with Gasteiger partial charge in [-0.2, -0.15) is 0 Å². The fourth-order valence-corrected chi connectivity index (χ4v) is 5.86. The van der Waals surface area contributed by atoms with Crippen molar-refractivity contribution in [3.8, 4) is 0 Å². The Hall–Kier alpha value is -2.95. The molecular weight excluding hydrogens is 398 g/mol. The number of rotatable bonds is 8.